The van der Waals surface area contributed by atoms with E-state index in [1.807, 2.05) is 40.6 Å². The van der Waals surface area contributed by atoms with Crippen LogP contribution in [0.3, 0.4) is 0 Å². The van der Waals surface area contributed by atoms with Crippen LogP contribution in [0.4, 0.5) is 4.39 Å². The van der Waals surface area contributed by atoms with Crippen LogP contribution in [0.2, 0.25) is 0 Å². The van der Waals surface area contributed by atoms with Crippen LogP contribution in [0, 0.1) is 5.82 Å². The maximum atomic E-state index is 13.6. The van der Waals surface area contributed by atoms with Crippen molar-refractivity contribution in [1.82, 2.24) is 9.80 Å². The van der Waals surface area contributed by atoms with Gasteiger partial charge in [0, 0.05) is 38.1 Å². The zero-order valence-electron chi connectivity index (χ0n) is 20.0. The van der Waals surface area contributed by atoms with Crippen molar-refractivity contribution in [1.29, 1.82) is 0 Å². The first-order valence-corrected chi connectivity index (χ1v) is 12.9. The van der Waals surface area contributed by atoms with E-state index >= 15 is 0 Å². The standard InChI is InChI=1S/C28H31FN2O3S/c1-34-18-5-16-30(26(32)13-8-21-6-3-2-4-7-21)20-27(33)31-17-14-25-24(15-19-35-25)28(31)22-9-11-23(29)12-10-22/h2-4,6-7,9-12,15,19,28H,5,8,13-14,16-18,20H2,1H3. The Kier molecular flexibility index (Phi) is 8.66. The molecular weight excluding hydrogens is 463 g/mol. The largest absolute Gasteiger partial charge is 0.385 e. The minimum Gasteiger partial charge on any atom is -0.385 e. The normalized spacial score (nSPS) is 15.0. The Labute approximate surface area is 210 Å². The molecule has 1 unspecified atom stereocenters. The van der Waals surface area contributed by atoms with Gasteiger partial charge in [0.15, 0.2) is 0 Å². The van der Waals surface area contributed by atoms with Gasteiger partial charge in [-0.3, -0.25) is 9.59 Å². The molecule has 4 rings (SSSR count). The Morgan fingerprint density at radius 2 is 1.89 bits per heavy atom. The average molecular weight is 495 g/mol. The molecule has 1 aliphatic heterocycles. The molecule has 5 nitrogen and oxygen atoms in total. The monoisotopic (exact) mass is 494 g/mol. The third-order valence-electron chi connectivity index (χ3n) is 6.40. The number of rotatable bonds is 10. The highest BCUT2D eigenvalue weighted by molar-refractivity contribution is 7.10. The first kappa shape index (κ1) is 25.1. The van der Waals surface area contributed by atoms with Crippen molar-refractivity contribution in [2.45, 2.75) is 31.7 Å². The highest BCUT2D eigenvalue weighted by Crippen LogP contribution is 2.38. The summed E-state index contributed by atoms with van der Waals surface area (Å²) in [6.45, 7) is 1.58. The van der Waals surface area contributed by atoms with Crippen LogP contribution in [0.25, 0.3) is 0 Å². The number of nitrogens with zero attached hydrogens (tertiary/aromatic N) is 2. The van der Waals surface area contributed by atoms with Gasteiger partial charge in [-0.05, 0) is 59.5 Å². The molecule has 184 valence electrons. The fourth-order valence-corrected chi connectivity index (χ4v) is 5.49. The molecule has 0 spiro atoms. The maximum Gasteiger partial charge on any atom is 0.242 e. The second kappa shape index (κ2) is 12.1. The quantitative estimate of drug-likeness (QED) is 0.378. The van der Waals surface area contributed by atoms with Crippen LogP contribution in [0.1, 0.15) is 40.5 Å². The van der Waals surface area contributed by atoms with Crippen LogP contribution in [0.5, 0.6) is 0 Å². The number of benzene rings is 2. The Morgan fingerprint density at radius 3 is 2.63 bits per heavy atom. The number of carbonyl (C=O) groups is 2. The highest BCUT2D eigenvalue weighted by atomic mass is 32.1. The summed E-state index contributed by atoms with van der Waals surface area (Å²) in [4.78, 5) is 31.5. The summed E-state index contributed by atoms with van der Waals surface area (Å²) >= 11 is 1.69. The molecule has 0 fully saturated rings. The van der Waals surface area contributed by atoms with Crippen molar-refractivity contribution in [3.8, 4) is 0 Å². The summed E-state index contributed by atoms with van der Waals surface area (Å²) in [6, 6.07) is 18.0. The second-order valence-electron chi connectivity index (χ2n) is 8.74. The Morgan fingerprint density at radius 1 is 1.11 bits per heavy atom. The summed E-state index contributed by atoms with van der Waals surface area (Å²) in [7, 11) is 1.63. The zero-order chi connectivity index (χ0) is 24.6. The van der Waals surface area contributed by atoms with E-state index in [1.54, 1.807) is 35.5 Å². The molecule has 2 amide bonds. The number of methoxy groups -OCH3 is 1. The molecular formula is C28H31FN2O3S. The lowest BCUT2D eigenvalue weighted by atomic mass is 9.93. The Balaban J connectivity index is 1.51. The van der Waals surface area contributed by atoms with E-state index in [2.05, 4.69) is 6.07 Å². The van der Waals surface area contributed by atoms with Crippen LogP contribution < -0.4 is 0 Å². The van der Waals surface area contributed by atoms with Crippen molar-refractivity contribution in [3.63, 3.8) is 0 Å². The molecule has 7 heteroatoms. The van der Waals surface area contributed by atoms with E-state index in [4.69, 9.17) is 4.74 Å². The SMILES string of the molecule is COCCCN(CC(=O)N1CCc2sccc2C1c1ccc(F)cc1)C(=O)CCc1ccccc1. The fraction of sp³-hybridized carbons (Fsp3) is 0.357. The third-order valence-corrected chi connectivity index (χ3v) is 7.39. The topological polar surface area (TPSA) is 49.9 Å². The number of fused-ring (bicyclic) bond motifs is 1. The van der Waals surface area contributed by atoms with Gasteiger partial charge in [-0.1, -0.05) is 42.5 Å². The third kappa shape index (κ3) is 6.35. The number of hydrogen-bond donors (Lipinski definition) is 0. The van der Waals surface area contributed by atoms with Crippen LogP contribution in [0.15, 0.2) is 66.0 Å². The Hall–Kier alpha value is -3.03. The summed E-state index contributed by atoms with van der Waals surface area (Å²) < 4.78 is 18.8. The van der Waals surface area contributed by atoms with E-state index in [-0.39, 0.29) is 30.2 Å². The number of halogens is 1. The molecule has 1 aromatic heterocycles. The van der Waals surface area contributed by atoms with E-state index in [1.165, 1.54) is 17.0 Å². The van der Waals surface area contributed by atoms with Gasteiger partial charge in [0.25, 0.3) is 0 Å². The van der Waals surface area contributed by atoms with Crippen molar-refractivity contribution in [3.05, 3.63) is 93.4 Å². The van der Waals surface area contributed by atoms with Gasteiger partial charge in [-0.25, -0.2) is 4.39 Å². The molecule has 2 heterocycles. The van der Waals surface area contributed by atoms with E-state index < -0.39 is 0 Å². The number of hydrogen-bond acceptors (Lipinski definition) is 4. The van der Waals surface area contributed by atoms with Gasteiger partial charge in [-0.2, -0.15) is 0 Å². The molecule has 0 saturated heterocycles. The van der Waals surface area contributed by atoms with Gasteiger partial charge in [-0.15, -0.1) is 11.3 Å². The predicted octanol–water partition coefficient (Wildman–Crippen LogP) is 4.86. The highest BCUT2D eigenvalue weighted by Gasteiger charge is 2.33. The van der Waals surface area contributed by atoms with E-state index in [0.717, 1.165) is 23.1 Å². The molecule has 0 bridgehead atoms. The number of amides is 2. The molecule has 1 atom stereocenters. The molecule has 0 aliphatic carbocycles. The first-order chi connectivity index (χ1) is 17.1. The van der Waals surface area contributed by atoms with Gasteiger partial charge in [0.2, 0.25) is 11.8 Å². The minimum absolute atomic E-state index is 0.0223. The lowest BCUT2D eigenvalue weighted by molar-refractivity contribution is -0.142. The van der Waals surface area contributed by atoms with E-state index in [0.29, 0.717) is 39.0 Å². The Bertz CT molecular complexity index is 1120. The van der Waals surface area contributed by atoms with Crippen molar-refractivity contribution < 1.29 is 18.7 Å². The predicted molar refractivity (Wildman–Crippen MR) is 136 cm³/mol. The number of carbonyl (C=O) groups excluding carboxylic acids is 2. The summed E-state index contributed by atoms with van der Waals surface area (Å²) in [5.41, 5.74) is 3.06. The van der Waals surface area contributed by atoms with Crippen molar-refractivity contribution in [2.24, 2.45) is 0 Å². The van der Waals surface area contributed by atoms with Crippen LogP contribution in [-0.4, -0.2) is 55.0 Å². The average Bonchev–Trinajstić information content (AvgIpc) is 3.36. The minimum atomic E-state index is -0.304. The smallest absolute Gasteiger partial charge is 0.242 e. The zero-order valence-corrected chi connectivity index (χ0v) is 20.8. The molecule has 3 aromatic rings. The summed E-state index contributed by atoms with van der Waals surface area (Å²) in [5.74, 6) is -0.437. The first-order valence-electron chi connectivity index (χ1n) is 12.0. The number of aryl methyl sites for hydroxylation is 1. The second-order valence-corrected chi connectivity index (χ2v) is 9.74. The molecule has 2 aromatic carbocycles. The van der Waals surface area contributed by atoms with Crippen molar-refractivity contribution in [2.75, 3.05) is 33.4 Å². The van der Waals surface area contributed by atoms with E-state index in [9.17, 15) is 14.0 Å². The van der Waals surface area contributed by atoms with Gasteiger partial charge >= 0.3 is 0 Å². The molecule has 0 radical (unpaired) electrons. The van der Waals surface area contributed by atoms with Crippen molar-refractivity contribution >= 4 is 23.2 Å². The fourth-order valence-electron chi connectivity index (χ4n) is 4.59. The van der Waals surface area contributed by atoms with Crippen LogP contribution in [-0.2, 0) is 27.2 Å². The molecule has 0 saturated carbocycles. The molecule has 1 aliphatic rings. The maximum absolute atomic E-state index is 13.6. The van der Waals surface area contributed by atoms with Gasteiger partial charge < -0.3 is 14.5 Å². The number of thiophene rings is 1. The number of ether oxygens (including phenoxy) is 1. The van der Waals surface area contributed by atoms with Gasteiger partial charge in [0.05, 0.1) is 12.6 Å². The van der Waals surface area contributed by atoms with Crippen LogP contribution >= 0.6 is 11.3 Å². The lowest BCUT2D eigenvalue weighted by Gasteiger charge is -2.37. The lowest BCUT2D eigenvalue weighted by Crippen LogP contribution is -2.47. The molecule has 0 N–H and O–H groups in total. The molecule has 35 heavy (non-hydrogen) atoms. The summed E-state index contributed by atoms with van der Waals surface area (Å²) in [5, 5.41) is 2.04. The summed E-state index contributed by atoms with van der Waals surface area (Å²) in [6.07, 6.45) is 2.42. The van der Waals surface area contributed by atoms with Gasteiger partial charge in [0.1, 0.15) is 5.82 Å².